The fraction of sp³-hybridized carbons (Fsp3) is 0.579. The molecule has 1 aliphatic rings. The summed E-state index contributed by atoms with van der Waals surface area (Å²) >= 11 is 0. The second-order valence-electron chi connectivity index (χ2n) is 6.89. The van der Waals surface area contributed by atoms with Crippen LogP contribution in [-0.2, 0) is 9.59 Å². The first kappa shape index (κ1) is 19.4. The van der Waals surface area contributed by atoms with Crippen LogP contribution in [0.5, 0.6) is 0 Å². The molecule has 0 aromatic heterocycles. The zero-order chi connectivity index (χ0) is 18.4. The maximum Gasteiger partial charge on any atom is 0.239 e. The number of halogens is 1. The van der Waals surface area contributed by atoms with Gasteiger partial charge in [0.25, 0.3) is 0 Å². The Balaban J connectivity index is 1.86. The number of nitrogens with one attached hydrogen (secondary N) is 1. The number of likely N-dealkylation sites (N-methyl/N-ethyl adjacent to an activating group) is 2. The summed E-state index contributed by atoms with van der Waals surface area (Å²) in [6.07, 6.45) is 5.69. The summed E-state index contributed by atoms with van der Waals surface area (Å²) in [6.45, 7) is 1.89. The van der Waals surface area contributed by atoms with Crippen LogP contribution in [0.2, 0.25) is 0 Å². The topological polar surface area (TPSA) is 52.7 Å². The third kappa shape index (κ3) is 5.53. The average Bonchev–Trinajstić information content (AvgIpc) is 2.60. The van der Waals surface area contributed by atoms with Crippen LogP contribution in [0, 0.1) is 5.82 Å². The Morgan fingerprint density at radius 3 is 2.56 bits per heavy atom. The second-order valence-corrected chi connectivity index (χ2v) is 6.89. The molecule has 2 amide bonds. The molecule has 1 aromatic rings. The minimum Gasteiger partial charge on any atom is -0.341 e. The van der Waals surface area contributed by atoms with E-state index in [0.29, 0.717) is 11.7 Å². The number of carbonyl (C=O) groups is 2. The van der Waals surface area contributed by atoms with Gasteiger partial charge in [-0.3, -0.25) is 14.5 Å². The summed E-state index contributed by atoms with van der Waals surface area (Å²) in [4.78, 5) is 28.4. The molecule has 1 aliphatic carbocycles. The molecule has 0 bridgehead atoms. The molecule has 25 heavy (non-hydrogen) atoms. The first-order valence-electron chi connectivity index (χ1n) is 8.91. The van der Waals surface area contributed by atoms with Gasteiger partial charge in [0.15, 0.2) is 0 Å². The number of carbonyl (C=O) groups excluding carboxylic acids is 2. The van der Waals surface area contributed by atoms with E-state index >= 15 is 0 Å². The molecule has 1 atom stereocenters. The zero-order valence-electron chi connectivity index (χ0n) is 15.3. The summed E-state index contributed by atoms with van der Waals surface area (Å²) in [5.74, 6) is -0.634. The molecule has 0 spiro atoms. The molecule has 0 saturated heterocycles. The van der Waals surface area contributed by atoms with Crippen molar-refractivity contribution < 1.29 is 14.0 Å². The van der Waals surface area contributed by atoms with Crippen LogP contribution in [0.4, 0.5) is 10.1 Å². The number of hydrogen-bond acceptors (Lipinski definition) is 3. The Morgan fingerprint density at radius 2 is 1.92 bits per heavy atom. The summed E-state index contributed by atoms with van der Waals surface area (Å²) in [5, 5.41) is 2.65. The molecule has 6 heteroatoms. The molecule has 2 rings (SSSR count). The quantitative estimate of drug-likeness (QED) is 0.859. The number of benzene rings is 1. The van der Waals surface area contributed by atoms with Crippen molar-refractivity contribution in [2.75, 3.05) is 26.0 Å². The van der Waals surface area contributed by atoms with Crippen molar-refractivity contribution in [3.8, 4) is 0 Å². The molecular formula is C19H28FN3O2. The maximum atomic E-state index is 13.2. The van der Waals surface area contributed by atoms with Gasteiger partial charge in [0, 0.05) is 18.8 Å². The van der Waals surface area contributed by atoms with Crippen LogP contribution in [0.25, 0.3) is 0 Å². The van der Waals surface area contributed by atoms with Crippen LogP contribution >= 0.6 is 0 Å². The SMILES string of the molecule is C[C@H](C(=O)N(C)C1CCCCC1)N(C)CC(=O)Nc1cccc(F)c1. The van der Waals surface area contributed by atoms with E-state index in [4.69, 9.17) is 0 Å². The van der Waals surface area contributed by atoms with Crippen LogP contribution in [0.3, 0.4) is 0 Å². The normalized spacial score (nSPS) is 16.5. The molecule has 5 nitrogen and oxygen atoms in total. The summed E-state index contributed by atoms with van der Waals surface area (Å²) in [7, 11) is 3.61. The Morgan fingerprint density at radius 1 is 1.24 bits per heavy atom. The molecule has 0 heterocycles. The van der Waals surface area contributed by atoms with Crippen molar-refractivity contribution in [3.63, 3.8) is 0 Å². The smallest absolute Gasteiger partial charge is 0.239 e. The van der Waals surface area contributed by atoms with Gasteiger partial charge in [-0.05, 0) is 45.0 Å². The minimum atomic E-state index is -0.399. The molecule has 1 aromatic carbocycles. The van der Waals surface area contributed by atoms with Crippen LogP contribution in [0.1, 0.15) is 39.0 Å². The van der Waals surface area contributed by atoms with E-state index in [1.807, 2.05) is 18.9 Å². The number of amides is 2. The number of anilines is 1. The van der Waals surface area contributed by atoms with E-state index < -0.39 is 5.82 Å². The molecule has 0 unspecified atom stereocenters. The van der Waals surface area contributed by atoms with Gasteiger partial charge in [-0.1, -0.05) is 25.3 Å². The van der Waals surface area contributed by atoms with Gasteiger partial charge in [0.2, 0.25) is 11.8 Å². The average molecular weight is 349 g/mol. The first-order chi connectivity index (χ1) is 11.9. The highest BCUT2D eigenvalue weighted by atomic mass is 19.1. The van der Waals surface area contributed by atoms with Crippen molar-refractivity contribution in [2.45, 2.75) is 51.1 Å². The highest BCUT2D eigenvalue weighted by molar-refractivity contribution is 5.92. The van der Waals surface area contributed by atoms with E-state index in [-0.39, 0.29) is 24.4 Å². The fourth-order valence-corrected chi connectivity index (χ4v) is 3.26. The minimum absolute atomic E-state index is 0.0351. The lowest BCUT2D eigenvalue weighted by Gasteiger charge is -2.35. The zero-order valence-corrected chi connectivity index (χ0v) is 15.3. The van der Waals surface area contributed by atoms with Crippen LogP contribution in [-0.4, -0.2) is 54.3 Å². The molecule has 1 N–H and O–H groups in total. The van der Waals surface area contributed by atoms with Crippen molar-refractivity contribution in [1.29, 1.82) is 0 Å². The van der Waals surface area contributed by atoms with Gasteiger partial charge in [-0.15, -0.1) is 0 Å². The van der Waals surface area contributed by atoms with Crippen LogP contribution in [0.15, 0.2) is 24.3 Å². The predicted molar refractivity (Wildman–Crippen MR) is 96.8 cm³/mol. The lowest BCUT2D eigenvalue weighted by Crippen LogP contribution is -2.49. The molecular weight excluding hydrogens is 321 g/mol. The van der Waals surface area contributed by atoms with Crippen molar-refractivity contribution in [2.24, 2.45) is 0 Å². The highest BCUT2D eigenvalue weighted by Gasteiger charge is 2.28. The van der Waals surface area contributed by atoms with Gasteiger partial charge in [0.05, 0.1) is 12.6 Å². The van der Waals surface area contributed by atoms with Gasteiger partial charge in [0.1, 0.15) is 5.82 Å². The van der Waals surface area contributed by atoms with Gasteiger partial charge in [-0.2, -0.15) is 0 Å². The number of rotatable bonds is 6. The third-order valence-corrected chi connectivity index (χ3v) is 4.99. The standard InChI is InChI=1S/C19H28FN3O2/c1-14(19(25)23(3)17-10-5-4-6-11-17)22(2)13-18(24)21-16-9-7-8-15(20)12-16/h7-9,12,14,17H,4-6,10-11,13H2,1-3H3,(H,21,24)/t14-/m1/s1. The largest absolute Gasteiger partial charge is 0.341 e. The molecule has 138 valence electrons. The molecule has 1 fully saturated rings. The summed E-state index contributed by atoms with van der Waals surface area (Å²) in [5.41, 5.74) is 0.414. The summed E-state index contributed by atoms with van der Waals surface area (Å²) in [6, 6.07) is 5.68. The van der Waals surface area contributed by atoms with Crippen molar-refractivity contribution in [1.82, 2.24) is 9.80 Å². The molecule has 0 aliphatic heterocycles. The molecule has 1 saturated carbocycles. The van der Waals surface area contributed by atoms with Gasteiger partial charge >= 0.3 is 0 Å². The van der Waals surface area contributed by atoms with E-state index in [0.717, 1.165) is 12.8 Å². The predicted octanol–water partition coefficient (Wildman–Crippen LogP) is 2.88. The van der Waals surface area contributed by atoms with Gasteiger partial charge < -0.3 is 10.2 Å². The Hall–Kier alpha value is -1.95. The first-order valence-corrected chi connectivity index (χ1v) is 8.91. The Labute approximate surface area is 149 Å². The lowest BCUT2D eigenvalue weighted by molar-refractivity contribution is -0.137. The fourth-order valence-electron chi connectivity index (χ4n) is 3.26. The highest BCUT2D eigenvalue weighted by Crippen LogP contribution is 2.22. The Bertz CT molecular complexity index is 602. The third-order valence-electron chi connectivity index (χ3n) is 4.99. The van der Waals surface area contributed by atoms with Gasteiger partial charge in [-0.25, -0.2) is 4.39 Å². The van der Waals surface area contributed by atoms with Crippen molar-refractivity contribution >= 4 is 17.5 Å². The number of hydrogen-bond donors (Lipinski definition) is 1. The van der Waals surface area contributed by atoms with Crippen molar-refractivity contribution in [3.05, 3.63) is 30.1 Å². The van der Waals surface area contributed by atoms with E-state index in [1.165, 1.54) is 31.4 Å². The summed E-state index contributed by atoms with van der Waals surface area (Å²) < 4.78 is 13.2. The second kappa shape index (κ2) is 8.94. The van der Waals surface area contributed by atoms with Crippen LogP contribution < -0.4 is 5.32 Å². The maximum absolute atomic E-state index is 13.2. The van der Waals surface area contributed by atoms with E-state index in [1.54, 1.807) is 24.1 Å². The number of nitrogens with zero attached hydrogens (tertiary/aromatic N) is 2. The molecule has 0 radical (unpaired) electrons. The monoisotopic (exact) mass is 349 g/mol. The van der Waals surface area contributed by atoms with E-state index in [9.17, 15) is 14.0 Å². The van der Waals surface area contributed by atoms with E-state index in [2.05, 4.69) is 5.32 Å². The Kier molecular flexibility index (Phi) is 6.93. The lowest BCUT2D eigenvalue weighted by atomic mass is 9.94.